The van der Waals surface area contributed by atoms with E-state index >= 15 is 0 Å². The lowest BCUT2D eigenvalue weighted by Gasteiger charge is -2.18. The summed E-state index contributed by atoms with van der Waals surface area (Å²) in [6.07, 6.45) is 3.01. The standard InChI is InChI=1S/C26H28N4O3/c31-25(19-33-26(32)23-13-14-24(29-28-23)30-17-7-8-18-30)27-16-15-22(20-9-3-1-4-10-20)21-11-5-2-6-12-21/h1-6,9-14,22H,7-8,15-19H2,(H,27,31). The second kappa shape index (κ2) is 11.2. The van der Waals surface area contributed by atoms with E-state index in [1.165, 1.54) is 11.1 Å². The van der Waals surface area contributed by atoms with Crippen molar-refractivity contribution >= 4 is 17.7 Å². The van der Waals surface area contributed by atoms with E-state index in [0.717, 1.165) is 38.2 Å². The van der Waals surface area contributed by atoms with E-state index in [1.54, 1.807) is 12.1 Å². The smallest absolute Gasteiger partial charge is 0.359 e. The second-order valence-electron chi connectivity index (χ2n) is 8.06. The zero-order chi connectivity index (χ0) is 22.9. The van der Waals surface area contributed by atoms with Gasteiger partial charge in [0.2, 0.25) is 0 Å². The van der Waals surface area contributed by atoms with Gasteiger partial charge in [-0.1, -0.05) is 60.7 Å². The molecule has 1 N–H and O–H groups in total. The number of hydrogen-bond donors (Lipinski definition) is 1. The predicted octanol–water partition coefficient (Wildman–Crippen LogP) is 3.57. The summed E-state index contributed by atoms with van der Waals surface area (Å²) < 4.78 is 5.11. The van der Waals surface area contributed by atoms with Crippen LogP contribution in [0.4, 0.5) is 5.82 Å². The van der Waals surface area contributed by atoms with Crippen molar-refractivity contribution < 1.29 is 14.3 Å². The van der Waals surface area contributed by atoms with Gasteiger partial charge in [0.15, 0.2) is 18.1 Å². The topological polar surface area (TPSA) is 84.4 Å². The van der Waals surface area contributed by atoms with Crippen LogP contribution >= 0.6 is 0 Å². The Hall–Kier alpha value is -3.74. The fourth-order valence-electron chi connectivity index (χ4n) is 4.06. The van der Waals surface area contributed by atoms with E-state index < -0.39 is 5.97 Å². The van der Waals surface area contributed by atoms with E-state index in [9.17, 15) is 9.59 Å². The van der Waals surface area contributed by atoms with Gasteiger partial charge in [-0.25, -0.2) is 4.79 Å². The molecule has 1 amide bonds. The van der Waals surface area contributed by atoms with Crippen molar-refractivity contribution in [3.05, 3.63) is 89.6 Å². The molecular weight excluding hydrogens is 416 g/mol. The summed E-state index contributed by atoms with van der Waals surface area (Å²) in [5, 5.41) is 10.9. The molecule has 0 bridgehead atoms. The van der Waals surface area contributed by atoms with E-state index in [0.29, 0.717) is 6.54 Å². The Morgan fingerprint density at radius 2 is 1.52 bits per heavy atom. The molecular formula is C26H28N4O3. The lowest BCUT2D eigenvalue weighted by atomic mass is 9.88. The van der Waals surface area contributed by atoms with Crippen LogP contribution in [0.2, 0.25) is 0 Å². The number of aromatic nitrogens is 2. The molecule has 4 rings (SSSR count). The van der Waals surface area contributed by atoms with Crippen LogP contribution in [-0.4, -0.2) is 48.3 Å². The number of hydrogen-bond acceptors (Lipinski definition) is 6. The third-order valence-electron chi connectivity index (χ3n) is 5.78. The number of amides is 1. The second-order valence-corrected chi connectivity index (χ2v) is 8.06. The van der Waals surface area contributed by atoms with Gasteiger partial charge in [0.25, 0.3) is 5.91 Å². The molecule has 7 nitrogen and oxygen atoms in total. The van der Waals surface area contributed by atoms with Crippen LogP contribution in [0.15, 0.2) is 72.8 Å². The first-order valence-electron chi connectivity index (χ1n) is 11.3. The average molecular weight is 445 g/mol. The zero-order valence-corrected chi connectivity index (χ0v) is 18.5. The molecule has 1 aromatic heterocycles. The highest BCUT2D eigenvalue weighted by Crippen LogP contribution is 2.27. The van der Waals surface area contributed by atoms with Gasteiger partial charge in [0.1, 0.15) is 0 Å². The first kappa shape index (κ1) is 22.5. The van der Waals surface area contributed by atoms with E-state index in [2.05, 4.69) is 44.7 Å². The average Bonchev–Trinajstić information content (AvgIpc) is 3.41. The highest BCUT2D eigenvalue weighted by atomic mass is 16.5. The molecule has 0 unspecified atom stereocenters. The highest BCUT2D eigenvalue weighted by Gasteiger charge is 2.17. The fourth-order valence-corrected chi connectivity index (χ4v) is 4.06. The zero-order valence-electron chi connectivity index (χ0n) is 18.5. The molecule has 2 heterocycles. The van der Waals surface area contributed by atoms with Crippen LogP contribution in [0.3, 0.4) is 0 Å². The number of nitrogens with zero attached hydrogens (tertiary/aromatic N) is 3. The minimum absolute atomic E-state index is 0.0963. The Morgan fingerprint density at radius 3 is 2.09 bits per heavy atom. The first-order valence-corrected chi connectivity index (χ1v) is 11.3. The van der Waals surface area contributed by atoms with Crippen LogP contribution in [0, 0.1) is 0 Å². The molecule has 1 saturated heterocycles. The van der Waals surface area contributed by atoms with Crippen molar-refractivity contribution in [2.24, 2.45) is 0 Å². The van der Waals surface area contributed by atoms with E-state index in [-0.39, 0.29) is 24.1 Å². The molecule has 3 aromatic rings. The van der Waals surface area contributed by atoms with Crippen LogP contribution in [-0.2, 0) is 9.53 Å². The van der Waals surface area contributed by atoms with E-state index in [4.69, 9.17) is 4.74 Å². The Kier molecular flexibility index (Phi) is 7.64. The normalized spacial score (nSPS) is 13.2. The number of esters is 1. The fraction of sp³-hybridized carbons (Fsp3) is 0.308. The van der Waals surface area contributed by atoms with Crippen LogP contribution < -0.4 is 10.2 Å². The van der Waals surface area contributed by atoms with Crippen LogP contribution in [0.25, 0.3) is 0 Å². The number of benzene rings is 2. The largest absolute Gasteiger partial charge is 0.451 e. The summed E-state index contributed by atoms with van der Waals surface area (Å²) in [6, 6.07) is 23.8. The minimum Gasteiger partial charge on any atom is -0.451 e. The van der Waals surface area contributed by atoms with Crippen molar-refractivity contribution in [2.75, 3.05) is 31.1 Å². The number of carbonyl (C=O) groups excluding carboxylic acids is 2. The first-order chi connectivity index (χ1) is 16.2. The molecule has 1 aliphatic rings. The Labute approximate surface area is 193 Å². The van der Waals surface area contributed by atoms with Gasteiger partial charge < -0.3 is 15.0 Å². The van der Waals surface area contributed by atoms with Gasteiger partial charge >= 0.3 is 5.97 Å². The monoisotopic (exact) mass is 444 g/mol. The number of anilines is 1. The summed E-state index contributed by atoms with van der Waals surface area (Å²) in [6.45, 7) is 2.02. The summed E-state index contributed by atoms with van der Waals surface area (Å²) in [7, 11) is 0. The third kappa shape index (κ3) is 6.16. The molecule has 170 valence electrons. The summed E-state index contributed by atoms with van der Waals surface area (Å²) >= 11 is 0. The van der Waals surface area contributed by atoms with Crippen molar-refractivity contribution in [1.29, 1.82) is 0 Å². The summed E-state index contributed by atoms with van der Waals surface area (Å²) in [5.74, 6) is -0.0743. The van der Waals surface area contributed by atoms with Crippen LogP contribution in [0.5, 0.6) is 0 Å². The summed E-state index contributed by atoms with van der Waals surface area (Å²) in [5.41, 5.74) is 2.49. The van der Waals surface area contributed by atoms with Gasteiger partial charge in [0.05, 0.1) is 0 Å². The van der Waals surface area contributed by atoms with Crippen molar-refractivity contribution in [2.45, 2.75) is 25.2 Å². The number of rotatable bonds is 9. The van der Waals surface area contributed by atoms with Gasteiger partial charge in [-0.15, -0.1) is 10.2 Å². The molecule has 0 spiro atoms. The van der Waals surface area contributed by atoms with Gasteiger partial charge in [-0.3, -0.25) is 4.79 Å². The number of nitrogens with one attached hydrogen (secondary N) is 1. The maximum atomic E-state index is 12.2. The molecule has 0 aliphatic carbocycles. The quantitative estimate of drug-likeness (QED) is 0.508. The maximum absolute atomic E-state index is 12.2. The third-order valence-corrected chi connectivity index (χ3v) is 5.78. The molecule has 0 atom stereocenters. The minimum atomic E-state index is -0.655. The Morgan fingerprint density at radius 1 is 0.879 bits per heavy atom. The van der Waals surface area contributed by atoms with Crippen molar-refractivity contribution in [3.63, 3.8) is 0 Å². The van der Waals surface area contributed by atoms with E-state index in [1.807, 2.05) is 36.4 Å². The Bertz CT molecular complexity index is 997. The van der Waals surface area contributed by atoms with Gasteiger partial charge in [-0.05, 0) is 42.5 Å². The van der Waals surface area contributed by atoms with Gasteiger partial charge in [-0.2, -0.15) is 0 Å². The van der Waals surface area contributed by atoms with Crippen LogP contribution in [0.1, 0.15) is 46.8 Å². The highest BCUT2D eigenvalue weighted by molar-refractivity contribution is 5.89. The molecule has 7 heteroatoms. The van der Waals surface area contributed by atoms with Gasteiger partial charge in [0, 0.05) is 25.6 Å². The maximum Gasteiger partial charge on any atom is 0.359 e. The molecule has 0 saturated carbocycles. The summed E-state index contributed by atoms with van der Waals surface area (Å²) in [4.78, 5) is 26.6. The molecule has 1 aliphatic heterocycles. The predicted molar refractivity (Wildman–Crippen MR) is 126 cm³/mol. The SMILES string of the molecule is O=C(COC(=O)c1ccc(N2CCCC2)nn1)NCCC(c1ccccc1)c1ccccc1. The molecule has 2 aromatic carbocycles. The molecule has 0 radical (unpaired) electrons. The van der Waals surface area contributed by atoms with Crippen molar-refractivity contribution in [3.8, 4) is 0 Å². The van der Waals surface area contributed by atoms with Crippen molar-refractivity contribution in [1.82, 2.24) is 15.5 Å². The number of ether oxygens (including phenoxy) is 1. The molecule has 33 heavy (non-hydrogen) atoms. The lowest BCUT2D eigenvalue weighted by molar-refractivity contribution is -0.124. The Balaban J connectivity index is 1.25. The molecule has 1 fully saturated rings. The lowest BCUT2D eigenvalue weighted by Crippen LogP contribution is -2.30. The number of carbonyl (C=O) groups is 2.